The van der Waals surface area contributed by atoms with E-state index in [0.717, 1.165) is 5.82 Å². The number of anilines is 2. The van der Waals surface area contributed by atoms with E-state index in [4.69, 9.17) is 4.74 Å². The number of carbonyl (C=O) groups is 1. The number of rotatable bonds is 7. The van der Waals surface area contributed by atoms with Crippen LogP contribution < -0.4 is 20.3 Å². The second-order valence-corrected chi connectivity index (χ2v) is 5.41. The zero-order chi connectivity index (χ0) is 17.4. The zero-order valence-electron chi connectivity index (χ0n) is 13.8. The number of hydrogen-bond acceptors (Lipinski definition) is 5. The summed E-state index contributed by atoms with van der Waals surface area (Å²) in [6, 6.07) is 12.3. The average molecular weight is 330 g/mol. The molecule has 1 aromatic heterocycles. The molecular formula is C17H22N4O3. The van der Waals surface area contributed by atoms with Crippen LogP contribution in [0.4, 0.5) is 16.3 Å². The van der Waals surface area contributed by atoms with E-state index in [-0.39, 0.29) is 13.2 Å². The van der Waals surface area contributed by atoms with Crippen molar-refractivity contribution in [1.82, 2.24) is 10.3 Å². The molecule has 0 fully saturated rings. The Morgan fingerprint density at radius 3 is 2.62 bits per heavy atom. The molecule has 1 heterocycles. The van der Waals surface area contributed by atoms with Crippen LogP contribution in [0.1, 0.15) is 0 Å². The fraction of sp³-hybridized carbons (Fsp3) is 0.294. The number of aliphatic hydroxyl groups excluding tert-OH is 1. The summed E-state index contributed by atoms with van der Waals surface area (Å²) in [7, 11) is 3.78. The zero-order valence-corrected chi connectivity index (χ0v) is 13.8. The van der Waals surface area contributed by atoms with Gasteiger partial charge in [-0.2, -0.15) is 0 Å². The highest BCUT2D eigenvalue weighted by molar-refractivity contribution is 5.89. The smallest absolute Gasteiger partial charge is 0.319 e. The number of nitrogens with one attached hydrogen (secondary N) is 2. The number of nitrogens with zero attached hydrogens (tertiary/aromatic N) is 2. The first kappa shape index (κ1) is 17.6. The number of pyridine rings is 1. The maximum absolute atomic E-state index is 11.8. The topological polar surface area (TPSA) is 86.7 Å². The lowest BCUT2D eigenvalue weighted by molar-refractivity contribution is 0.108. The predicted octanol–water partition coefficient (Wildman–Crippen LogP) is 1.71. The maximum Gasteiger partial charge on any atom is 0.319 e. The van der Waals surface area contributed by atoms with Gasteiger partial charge in [0.1, 0.15) is 24.3 Å². The molecule has 24 heavy (non-hydrogen) atoms. The van der Waals surface area contributed by atoms with E-state index < -0.39 is 12.1 Å². The summed E-state index contributed by atoms with van der Waals surface area (Å²) in [6.07, 6.45) is 0.773. The molecule has 0 aliphatic carbocycles. The monoisotopic (exact) mass is 330 g/mol. The van der Waals surface area contributed by atoms with Crippen molar-refractivity contribution in [3.05, 3.63) is 48.7 Å². The van der Waals surface area contributed by atoms with Crippen LogP contribution >= 0.6 is 0 Å². The Kier molecular flexibility index (Phi) is 6.39. The molecule has 0 bridgehead atoms. The van der Waals surface area contributed by atoms with Crippen LogP contribution in [0, 0.1) is 0 Å². The van der Waals surface area contributed by atoms with Gasteiger partial charge in [0, 0.05) is 20.6 Å². The van der Waals surface area contributed by atoms with Crippen LogP contribution in [0.2, 0.25) is 0 Å². The molecule has 0 saturated carbocycles. The molecule has 0 spiro atoms. The normalized spacial score (nSPS) is 11.5. The fourth-order valence-electron chi connectivity index (χ4n) is 1.88. The Morgan fingerprint density at radius 2 is 2.00 bits per heavy atom. The van der Waals surface area contributed by atoms with Gasteiger partial charge in [0.05, 0.1) is 11.9 Å². The lowest BCUT2D eigenvalue weighted by atomic mass is 10.3. The molecule has 2 aromatic rings. The minimum atomic E-state index is -0.801. The molecular weight excluding hydrogens is 308 g/mol. The molecule has 1 unspecified atom stereocenters. The number of amides is 2. The van der Waals surface area contributed by atoms with E-state index in [1.165, 1.54) is 0 Å². The minimum Gasteiger partial charge on any atom is -0.491 e. The highest BCUT2D eigenvalue weighted by Gasteiger charge is 2.08. The van der Waals surface area contributed by atoms with Crippen molar-refractivity contribution < 1.29 is 14.6 Å². The van der Waals surface area contributed by atoms with E-state index >= 15 is 0 Å². The van der Waals surface area contributed by atoms with E-state index in [2.05, 4.69) is 15.6 Å². The number of aliphatic hydroxyl groups is 1. The van der Waals surface area contributed by atoms with Crippen LogP contribution in [0.15, 0.2) is 48.7 Å². The maximum atomic E-state index is 11.8. The highest BCUT2D eigenvalue weighted by atomic mass is 16.5. The second-order valence-electron chi connectivity index (χ2n) is 5.41. The standard InChI is InChI=1S/C17H22N4O3/c1-21(2)16-9-8-13(10-18-16)20-17(23)19-11-14(22)12-24-15-6-4-3-5-7-15/h3-10,14,22H,11-12H2,1-2H3,(H2,19,20,23). The number of urea groups is 1. The summed E-state index contributed by atoms with van der Waals surface area (Å²) in [4.78, 5) is 17.9. The lowest BCUT2D eigenvalue weighted by Crippen LogP contribution is -2.37. The highest BCUT2D eigenvalue weighted by Crippen LogP contribution is 2.11. The Balaban J connectivity index is 1.70. The summed E-state index contributed by atoms with van der Waals surface area (Å²) >= 11 is 0. The van der Waals surface area contributed by atoms with Crippen molar-refractivity contribution in [3.8, 4) is 5.75 Å². The van der Waals surface area contributed by atoms with E-state index in [0.29, 0.717) is 11.4 Å². The summed E-state index contributed by atoms with van der Waals surface area (Å²) in [5.74, 6) is 1.47. The van der Waals surface area contributed by atoms with Gasteiger partial charge in [-0.05, 0) is 24.3 Å². The minimum absolute atomic E-state index is 0.0852. The van der Waals surface area contributed by atoms with Crippen molar-refractivity contribution in [2.45, 2.75) is 6.10 Å². The Hall–Kier alpha value is -2.80. The van der Waals surface area contributed by atoms with Gasteiger partial charge < -0.3 is 25.4 Å². The summed E-state index contributed by atoms with van der Waals surface area (Å²) in [5, 5.41) is 15.1. The molecule has 0 radical (unpaired) electrons. The molecule has 1 atom stereocenters. The van der Waals surface area contributed by atoms with E-state index in [1.807, 2.05) is 37.2 Å². The van der Waals surface area contributed by atoms with Gasteiger partial charge in [-0.15, -0.1) is 0 Å². The molecule has 1 aromatic carbocycles. The Labute approximate surface area is 141 Å². The molecule has 2 amide bonds. The number of aromatic nitrogens is 1. The third-order valence-electron chi connectivity index (χ3n) is 3.15. The van der Waals surface area contributed by atoms with Crippen molar-refractivity contribution in [2.75, 3.05) is 37.5 Å². The average Bonchev–Trinajstić information content (AvgIpc) is 2.59. The third-order valence-corrected chi connectivity index (χ3v) is 3.15. The molecule has 2 rings (SSSR count). The van der Waals surface area contributed by atoms with Gasteiger partial charge in [-0.3, -0.25) is 0 Å². The van der Waals surface area contributed by atoms with E-state index in [9.17, 15) is 9.90 Å². The van der Waals surface area contributed by atoms with Crippen LogP contribution in [0.25, 0.3) is 0 Å². The summed E-state index contributed by atoms with van der Waals surface area (Å²) in [6.45, 7) is 0.186. The Morgan fingerprint density at radius 1 is 1.25 bits per heavy atom. The van der Waals surface area contributed by atoms with Crippen LogP contribution in [0.3, 0.4) is 0 Å². The molecule has 0 aliphatic heterocycles. The fourth-order valence-corrected chi connectivity index (χ4v) is 1.88. The number of benzene rings is 1. The Bertz CT molecular complexity index is 632. The second kappa shape index (κ2) is 8.73. The first-order valence-corrected chi connectivity index (χ1v) is 7.59. The SMILES string of the molecule is CN(C)c1ccc(NC(=O)NCC(O)COc2ccccc2)cn1. The van der Waals surface area contributed by atoms with Crippen molar-refractivity contribution >= 4 is 17.5 Å². The molecule has 128 valence electrons. The van der Waals surface area contributed by atoms with Crippen molar-refractivity contribution in [2.24, 2.45) is 0 Å². The van der Waals surface area contributed by atoms with Gasteiger partial charge in [0.15, 0.2) is 0 Å². The number of ether oxygens (including phenoxy) is 1. The number of hydrogen-bond donors (Lipinski definition) is 3. The van der Waals surface area contributed by atoms with Crippen LogP contribution in [-0.2, 0) is 0 Å². The molecule has 7 heteroatoms. The number of carbonyl (C=O) groups excluding carboxylic acids is 1. The lowest BCUT2D eigenvalue weighted by Gasteiger charge is -2.14. The largest absolute Gasteiger partial charge is 0.491 e. The predicted molar refractivity (Wildman–Crippen MR) is 93.5 cm³/mol. The number of para-hydroxylation sites is 1. The first-order valence-electron chi connectivity index (χ1n) is 7.59. The van der Waals surface area contributed by atoms with Crippen molar-refractivity contribution in [3.63, 3.8) is 0 Å². The van der Waals surface area contributed by atoms with Gasteiger partial charge >= 0.3 is 6.03 Å². The van der Waals surface area contributed by atoms with E-state index in [1.54, 1.807) is 30.5 Å². The molecule has 0 saturated heterocycles. The molecule has 0 aliphatic rings. The van der Waals surface area contributed by atoms with Crippen LogP contribution in [-0.4, -0.2) is 49.5 Å². The van der Waals surface area contributed by atoms with Gasteiger partial charge in [-0.1, -0.05) is 18.2 Å². The molecule has 7 nitrogen and oxygen atoms in total. The summed E-state index contributed by atoms with van der Waals surface area (Å²) in [5.41, 5.74) is 0.577. The van der Waals surface area contributed by atoms with Crippen molar-refractivity contribution in [1.29, 1.82) is 0 Å². The van der Waals surface area contributed by atoms with Crippen LogP contribution in [0.5, 0.6) is 5.75 Å². The van der Waals surface area contributed by atoms with Gasteiger partial charge in [-0.25, -0.2) is 9.78 Å². The quantitative estimate of drug-likeness (QED) is 0.719. The van der Waals surface area contributed by atoms with Gasteiger partial charge in [0.25, 0.3) is 0 Å². The van der Waals surface area contributed by atoms with Gasteiger partial charge in [0.2, 0.25) is 0 Å². The third kappa shape index (κ3) is 5.77. The molecule has 3 N–H and O–H groups in total. The first-order chi connectivity index (χ1) is 11.5. The summed E-state index contributed by atoms with van der Waals surface area (Å²) < 4.78 is 5.42.